The minimum Gasteiger partial charge on any atom is -0.444 e. The summed E-state index contributed by atoms with van der Waals surface area (Å²) >= 11 is 0. The standard InChI is InChI=1S/C12H24N2O3/c1-11(2,3)17-10(15)14-8-4-5-12(16,9-14)6-7-13/h16H,4-9,13H2,1-3H3. The van der Waals surface area contributed by atoms with Gasteiger partial charge in [0.2, 0.25) is 0 Å². The van der Waals surface area contributed by atoms with Crippen LogP contribution in [0.15, 0.2) is 0 Å². The summed E-state index contributed by atoms with van der Waals surface area (Å²) in [6.07, 6.45) is 1.65. The van der Waals surface area contributed by atoms with E-state index < -0.39 is 11.2 Å². The Morgan fingerprint density at radius 1 is 1.53 bits per heavy atom. The normalized spacial score (nSPS) is 25.8. The lowest BCUT2D eigenvalue weighted by atomic mass is 9.90. The van der Waals surface area contributed by atoms with Crippen molar-refractivity contribution in [2.45, 2.75) is 51.2 Å². The van der Waals surface area contributed by atoms with Gasteiger partial charge in [0.05, 0.1) is 12.1 Å². The zero-order chi connectivity index (χ0) is 13.1. The molecular formula is C12H24N2O3. The van der Waals surface area contributed by atoms with Crippen LogP contribution in [-0.2, 0) is 4.74 Å². The monoisotopic (exact) mass is 244 g/mol. The van der Waals surface area contributed by atoms with Crippen LogP contribution in [0.5, 0.6) is 0 Å². The van der Waals surface area contributed by atoms with Crippen molar-refractivity contribution in [1.82, 2.24) is 4.90 Å². The first-order chi connectivity index (χ1) is 7.76. The van der Waals surface area contributed by atoms with Crippen LogP contribution >= 0.6 is 0 Å². The minimum atomic E-state index is -0.843. The first kappa shape index (κ1) is 14.3. The van der Waals surface area contributed by atoms with Crippen molar-refractivity contribution >= 4 is 6.09 Å². The second-order valence-corrected chi connectivity index (χ2v) is 5.77. The fraction of sp³-hybridized carbons (Fsp3) is 0.917. The van der Waals surface area contributed by atoms with Crippen LogP contribution in [0.1, 0.15) is 40.0 Å². The van der Waals surface area contributed by atoms with E-state index >= 15 is 0 Å². The molecule has 100 valence electrons. The predicted molar refractivity (Wildman–Crippen MR) is 65.7 cm³/mol. The number of amides is 1. The Labute approximate surface area is 103 Å². The number of rotatable bonds is 2. The van der Waals surface area contributed by atoms with E-state index in [2.05, 4.69) is 0 Å². The van der Waals surface area contributed by atoms with Crippen molar-refractivity contribution in [3.63, 3.8) is 0 Å². The molecule has 1 unspecified atom stereocenters. The number of carbonyl (C=O) groups is 1. The van der Waals surface area contributed by atoms with Crippen molar-refractivity contribution in [3.05, 3.63) is 0 Å². The van der Waals surface area contributed by atoms with Gasteiger partial charge in [-0.2, -0.15) is 0 Å². The van der Waals surface area contributed by atoms with Crippen LogP contribution in [-0.4, -0.2) is 46.9 Å². The number of hydrogen-bond acceptors (Lipinski definition) is 4. The molecule has 5 nitrogen and oxygen atoms in total. The van der Waals surface area contributed by atoms with E-state index in [9.17, 15) is 9.90 Å². The van der Waals surface area contributed by atoms with E-state index in [1.54, 1.807) is 4.90 Å². The van der Waals surface area contributed by atoms with Crippen LogP contribution in [0.3, 0.4) is 0 Å². The Morgan fingerprint density at radius 2 is 2.18 bits per heavy atom. The smallest absolute Gasteiger partial charge is 0.410 e. The van der Waals surface area contributed by atoms with E-state index in [1.807, 2.05) is 20.8 Å². The summed E-state index contributed by atoms with van der Waals surface area (Å²) in [6.45, 7) is 6.89. The average Bonchev–Trinajstić information content (AvgIpc) is 2.14. The number of carbonyl (C=O) groups excluding carboxylic acids is 1. The first-order valence-corrected chi connectivity index (χ1v) is 6.16. The molecule has 1 aliphatic rings. The highest BCUT2D eigenvalue weighted by Gasteiger charge is 2.36. The highest BCUT2D eigenvalue weighted by Crippen LogP contribution is 2.25. The van der Waals surface area contributed by atoms with Crippen molar-refractivity contribution in [2.24, 2.45) is 5.73 Å². The topological polar surface area (TPSA) is 75.8 Å². The Bertz CT molecular complexity index is 271. The molecule has 0 aromatic rings. The van der Waals surface area contributed by atoms with Crippen LogP contribution in [0.2, 0.25) is 0 Å². The summed E-state index contributed by atoms with van der Waals surface area (Å²) in [7, 11) is 0. The Balaban J connectivity index is 2.57. The number of nitrogens with two attached hydrogens (primary N) is 1. The number of likely N-dealkylation sites (tertiary alicyclic amines) is 1. The minimum absolute atomic E-state index is 0.319. The van der Waals surface area contributed by atoms with E-state index in [-0.39, 0.29) is 6.09 Å². The van der Waals surface area contributed by atoms with Gasteiger partial charge in [0.25, 0.3) is 0 Å². The zero-order valence-electron chi connectivity index (χ0n) is 11.0. The van der Waals surface area contributed by atoms with E-state index in [0.717, 1.165) is 6.42 Å². The molecule has 1 amide bonds. The lowest BCUT2D eigenvalue weighted by Gasteiger charge is -2.39. The number of aliphatic hydroxyl groups is 1. The molecule has 0 aromatic carbocycles. The SMILES string of the molecule is CC(C)(C)OC(=O)N1CCCC(O)(CCN)C1. The molecule has 1 atom stereocenters. The van der Waals surface area contributed by atoms with E-state index in [1.165, 1.54) is 0 Å². The molecule has 0 aromatic heterocycles. The molecule has 3 N–H and O–H groups in total. The molecule has 1 aliphatic heterocycles. The molecule has 1 fully saturated rings. The fourth-order valence-corrected chi connectivity index (χ4v) is 2.07. The van der Waals surface area contributed by atoms with E-state index in [4.69, 9.17) is 10.5 Å². The molecule has 0 aliphatic carbocycles. The molecule has 5 heteroatoms. The van der Waals surface area contributed by atoms with Crippen LogP contribution in [0.25, 0.3) is 0 Å². The molecule has 0 saturated carbocycles. The summed E-state index contributed by atoms with van der Waals surface area (Å²) in [4.78, 5) is 13.4. The van der Waals surface area contributed by atoms with Crippen molar-refractivity contribution < 1.29 is 14.6 Å². The summed E-state index contributed by atoms with van der Waals surface area (Å²) in [6, 6.07) is 0. The quantitative estimate of drug-likeness (QED) is 0.762. The third-order valence-corrected chi connectivity index (χ3v) is 2.82. The van der Waals surface area contributed by atoms with Crippen LogP contribution in [0.4, 0.5) is 4.79 Å². The maximum atomic E-state index is 11.9. The summed E-state index contributed by atoms with van der Waals surface area (Å²) < 4.78 is 5.29. The van der Waals surface area contributed by atoms with Gasteiger partial charge in [-0.1, -0.05) is 0 Å². The lowest BCUT2D eigenvalue weighted by molar-refractivity contribution is -0.0458. The zero-order valence-corrected chi connectivity index (χ0v) is 11.0. The predicted octanol–water partition coefficient (Wildman–Crippen LogP) is 1.10. The summed E-state index contributed by atoms with van der Waals surface area (Å²) in [5.74, 6) is 0. The highest BCUT2D eigenvalue weighted by molar-refractivity contribution is 5.68. The second-order valence-electron chi connectivity index (χ2n) is 5.77. The maximum absolute atomic E-state index is 11.9. The Kier molecular flexibility index (Phi) is 4.38. The molecule has 0 spiro atoms. The van der Waals surface area contributed by atoms with Gasteiger partial charge in [0.1, 0.15) is 5.60 Å². The summed E-state index contributed by atoms with van der Waals surface area (Å²) in [5, 5.41) is 10.3. The number of piperidine rings is 1. The van der Waals surface area contributed by atoms with Crippen molar-refractivity contribution in [3.8, 4) is 0 Å². The third kappa shape index (κ3) is 4.52. The molecule has 0 bridgehead atoms. The largest absolute Gasteiger partial charge is 0.444 e. The number of β-amino-alcohol motifs (C(OH)–C–C–N with tert-alkyl or cyclic N) is 1. The molecule has 1 saturated heterocycles. The van der Waals surface area contributed by atoms with Gasteiger partial charge in [-0.25, -0.2) is 4.79 Å². The molecular weight excluding hydrogens is 220 g/mol. The van der Waals surface area contributed by atoms with Crippen molar-refractivity contribution in [1.29, 1.82) is 0 Å². The molecule has 17 heavy (non-hydrogen) atoms. The average molecular weight is 244 g/mol. The van der Waals surface area contributed by atoms with Crippen LogP contribution < -0.4 is 5.73 Å². The lowest BCUT2D eigenvalue weighted by Crippen LogP contribution is -2.52. The van der Waals surface area contributed by atoms with Gasteiger partial charge >= 0.3 is 6.09 Å². The molecule has 1 heterocycles. The number of ether oxygens (including phenoxy) is 1. The van der Waals surface area contributed by atoms with Crippen molar-refractivity contribution in [2.75, 3.05) is 19.6 Å². The number of hydrogen-bond donors (Lipinski definition) is 2. The van der Waals surface area contributed by atoms with Gasteiger partial charge in [-0.3, -0.25) is 0 Å². The maximum Gasteiger partial charge on any atom is 0.410 e. The Morgan fingerprint density at radius 3 is 2.71 bits per heavy atom. The second kappa shape index (κ2) is 5.23. The molecule has 0 radical (unpaired) electrons. The fourth-order valence-electron chi connectivity index (χ4n) is 2.07. The van der Waals surface area contributed by atoms with Gasteiger partial charge in [-0.05, 0) is 46.6 Å². The van der Waals surface area contributed by atoms with Gasteiger partial charge in [0, 0.05) is 6.54 Å². The van der Waals surface area contributed by atoms with E-state index in [0.29, 0.717) is 32.5 Å². The first-order valence-electron chi connectivity index (χ1n) is 6.16. The molecule has 1 rings (SSSR count). The van der Waals surface area contributed by atoms with Gasteiger partial charge in [-0.15, -0.1) is 0 Å². The summed E-state index contributed by atoms with van der Waals surface area (Å²) in [5.41, 5.74) is 4.13. The highest BCUT2D eigenvalue weighted by atomic mass is 16.6. The number of nitrogens with zero attached hydrogens (tertiary/aromatic N) is 1. The van der Waals surface area contributed by atoms with Gasteiger partial charge < -0.3 is 20.5 Å². The van der Waals surface area contributed by atoms with Crippen LogP contribution in [0, 0.1) is 0 Å². The van der Waals surface area contributed by atoms with Gasteiger partial charge in [0.15, 0.2) is 0 Å². The third-order valence-electron chi connectivity index (χ3n) is 2.82. The Hall–Kier alpha value is -0.810.